The van der Waals surface area contributed by atoms with Crippen molar-refractivity contribution in [1.82, 2.24) is 14.7 Å². The van der Waals surface area contributed by atoms with Gasteiger partial charge in [-0.05, 0) is 74.6 Å². The first-order valence-electron chi connectivity index (χ1n) is 8.88. The number of aromatic amines is 1. The lowest BCUT2D eigenvalue weighted by atomic mass is 9.95. The molecule has 3 rings (SSSR count). The Balaban J connectivity index is 2.09. The summed E-state index contributed by atoms with van der Waals surface area (Å²) in [6.07, 6.45) is 0. The van der Waals surface area contributed by atoms with Crippen LogP contribution in [0.3, 0.4) is 0 Å². The Kier molecular flexibility index (Phi) is 5.70. The van der Waals surface area contributed by atoms with Crippen molar-refractivity contribution >= 4 is 50.2 Å². The highest BCUT2D eigenvalue weighted by Gasteiger charge is 2.27. The number of hydrogen-bond donors (Lipinski definition) is 2. The van der Waals surface area contributed by atoms with E-state index < -0.39 is 27.2 Å². The van der Waals surface area contributed by atoms with Crippen molar-refractivity contribution in [2.45, 2.75) is 39.5 Å². The molecule has 1 heterocycles. The van der Waals surface area contributed by atoms with Crippen LogP contribution < -0.4 is 10.3 Å². The number of carbonyl (C=O) groups excluding carboxylic acids is 1. The number of benzene rings is 2. The van der Waals surface area contributed by atoms with Crippen LogP contribution in [0.15, 0.2) is 21.8 Å². The van der Waals surface area contributed by atoms with E-state index in [9.17, 15) is 18.0 Å². The van der Waals surface area contributed by atoms with E-state index >= 15 is 0 Å². The predicted molar refractivity (Wildman–Crippen MR) is 117 cm³/mol. The van der Waals surface area contributed by atoms with E-state index in [-0.39, 0.29) is 26.0 Å². The van der Waals surface area contributed by atoms with Crippen LogP contribution in [0.1, 0.15) is 38.3 Å². The average molecular weight is 468 g/mol. The monoisotopic (exact) mass is 467 g/mol. The van der Waals surface area contributed by atoms with Crippen molar-refractivity contribution in [1.29, 1.82) is 0 Å². The van der Waals surface area contributed by atoms with Gasteiger partial charge in [-0.1, -0.05) is 23.2 Å². The largest absolute Gasteiger partial charge is 0.319 e. The molecular weight excluding hydrogens is 449 g/mol. The zero-order valence-corrected chi connectivity index (χ0v) is 19.2. The quantitative estimate of drug-likeness (QED) is 0.606. The molecule has 0 bridgehead atoms. The second-order valence-electron chi connectivity index (χ2n) is 7.09. The van der Waals surface area contributed by atoms with Gasteiger partial charge in [0.1, 0.15) is 0 Å². The third kappa shape index (κ3) is 3.71. The third-order valence-electron chi connectivity index (χ3n) is 5.38. The summed E-state index contributed by atoms with van der Waals surface area (Å²) >= 11 is 11.9. The van der Waals surface area contributed by atoms with E-state index in [1.165, 1.54) is 12.1 Å². The SMILES string of the molecule is Cc1c(C)c(C)c(S(=O)(=O)NC(=O)c2nc3cc(Cl)c(Cl)cc3[nH]c2=O)c(C)c1C. The van der Waals surface area contributed by atoms with Crippen LogP contribution in [-0.2, 0) is 10.0 Å². The molecule has 7 nitrogen and oxygen atoms in total. The Hall–Kier alpha value is -2.42. The van der Waals surface area contributed by atoms with Gasteiger partial charge in [0.05, 0.1) is 26.0 Å². The fourth-order valence-corrected chi connectivity index (χ4v) is 5.20. The molecule has 0 atom stereocenters. The normalized spacial score (nSPS) is 11.7. The van der Waals surface area contributed by atoms with Crippen LogP contribution in [-0.4, -0.2) is 24.3 Å². The predicted octanol–water partition coefficient (Wildman–Crippen LogP) is 3.89. The summed E-state index contributed by atoms with van der Waals surface area (Å²) in [5.74, 6) is -1.14. The molecular formula is C20H19Cl2N3O4S. The maximum atomic E-state index is 13.0. The van der Waals surface area contributed by atoms with Gasteiger partial charge in [-0.25, -0.2) is 18.1 Å². The summed E-state index contributed by atoms with van der Waals surface area (Å²) < 4.78 is 28.0. The highest BCUT2D eigenvalue weighted by molar-refractivity contribution is 7.90. The summed E-state index contributed by atoms with van der Waals surface area (Å²) in [5, 5.41) is 0.386. The number of hydrogen-bond acceptors (Lipinski definition) is 5. The minimum atomic E-state index is -4.26. The lowest BCUT2D eigenvalue weighted by Gasteiger charge is -2.18. The smallest absolute Gasteiger partial charge is 0.289 e. The molecule has 2 aromatic carbocycles. The lowest BCUT2D eigenvalue weighted by molar-refractivity contribution is 0.0975. The number of halogens is 2. The van der Waals surface area contributed by atoms with Crippen LogP contribution >= 0.6 is 23.2 Å². The molecule has 30 heavy (non-hydrogen) atoms. The van der Waals surface area contributed by atoms with Crippen LogP contribution in [0.2, 0.25) is 10.0 Å². The van der Waals surface area contributed by atoms with E-state index in [0.717, 1.165) is 16.7 Å². The van der Waals surface area contributed by atoms with Crippen LogP contribution in [0.5, 0.6) is 0 Å². The molecule has 0 unspecified atom stereocenters. The fraction of sp³-hybridized carbons (Fsp3) is 0.250. The molecule has 0 fully saturated rings. The molecule has 0 aliphatic rings. The first kappa shape index (κ1) is 22.3. The van der Waals surface area contributed by atoms with E-state index in [2.05, 4.69) is 9.97 Å². The standard InChI is InChI=1S/C20H19Cl2N3O4S/c1-8-9(2)11(4)18(12(5)10(8)3)30(28,29)25-20(27)17-19(26)24-16-7-14(22)13(21)6-15(16)23-17/h6-7H,1-5H3,(H,24,26)(H,25,27). The van der Waals surface area contributed by atoms with Crippen molar-refractivity contribution in [3.05, 3.63) is 66.0 Å². The lowest BCUT2D eigenvalue weighted by Crippen LogP contribution is -2.36. The molecule has 0 radical (unpaired) electrons. The van der Waals surface area contributed by atoms with Gasteiger partial charge in [0.2, 0.25) is 0 Å². The topological polar surface area (TPSA) is 109 Å². The number of nitrogens with one attached hydrogen (secondary N) is 2. The van der Waals surface area contributed by atoms with Crippen LogP contribution in [0.25, 0.3) is 11.0 Å². The molecule has 10 heteroatoms. The fourth-order valence-electron chi connectivity index (χ4n) is 3.33. The number of H-pyrrole nitrogens is 1. The number of carbonyl (C=O) groups is 1. The Morgan fingerprint density at radius 1 is 0.933 bits per heavy atom. The van der Waals surface area contributed by atoms with E-state index in [4.69, 9.17) is 23.2 Å². The van der Waals surface area contributed by atoms with Crippen LogP contribution in [0, 0.1) is 34.6 Å². The van der Waals surface area contributed by atoms with Crippen molar-refractivity contribution in [2.75, 3.05) is 0 Å². The van der Waals surface area contributed by atoms with Gasteiger partial charge in [0.15, 0.2) is 5.69 Å². The van der Waals surface area contributed by atoms with Gasteiger partial charge in [0, 0.05) is 0 Å². The molecule has 0 saturated carbocycles. The molecule has 158 valence electrons. The molecule has 0 spiro atoms. The number of rotatable bonds is 3. The van der Waals surface area contributed by atoms with E-state index in [1.54, 1.807) is 13.8 Å². The Morgan fingerprint density at radius 2 is 1.43 bits per heavy atom. The first-order chi connectivity index (χ1) is 13.8. The average Bonchev–Trinajstić information content (AvgIpc) is 2.65. The minimum Gasteiger partial charge on any atom is -0.319 e. The molecule has 3 aromatic rings. The van der Waals surface area contributed by atoms with Gasteiger partial charge < -0.3 is 4.98 Å². The number of fused-ring (bicyclic) bond motifs is 1. The molecule has 0 aliphatic carbocycles. The zero-order chi connectivity index (χ0) is 22.5. The number of nitrogens with zero attached hydrogens (tertiary/aromatic N) is 1. The maximum Gasteiger partial charge on any atom is 0.289 e. The van der Waals surface area contributed by atoms with Crippen molar-refractivity contribution < 1.29 is 13.2 Å². The van der Waals surface area contributed by atoms with Gasteiger partial charge in [-0.3, -0.25) is 9.59 Å². The number of sulfonamides is 1. The summed E-state index contributed by atoms with van der Waals surface area (Å²) in [7, 11) is -4.26. The Labute approximate surface area is 183 Å². The molecule has 1 aromatic heterocycles. The second kappa shape index (κ2) is 7.68. The highest BCUT2D eigenvalue weighted by Crippen LogP contribution is 2.29. The summed E-state index contributed by atoms with van der Waals surface area (Å²) in [4.78, 5) is 31.5. The first-order valence-corrected chi connectivity index (χ1v) is 11.1. The summed E-state index contributed by atoms with van der Waals surface area (Å²) in [6.45, 7) is 8.92. The number of amides is 1. The number of aromatic nitrogens is 2. The molecule has 2 N–H and O–H groups in total. The van der Waals surface area contributed by atoms with Crippen molar-refractivity contribution in [3.8, 4) is 0 Å². The Bertz CT molecular complexity index is 1370. The van der Waals surface area contributed by atoms with Crippen molar-refractivity contribution in [2.24, 2.45) is 0 Å². The highest BCUT2D eigenvalue weighted by atomic mass is 35.5. The van der Waals surface area contributed by atoms with Gasteiger partial charge in [-0.2, -0.15) is 0 Å². The summed E-state index contributed by atoms with van der Waals surface area (Å²) in [6, 6.07) is 2.78. The van der Waals surface area contributed by atoms with Gasteiger partial charge in [-0.15, -0.1) is 0 Å². The molecule has 1 amide bonds. The Morgan fingerprint density at radius 3 is 2.00 bits per heavy atom. The maximum absolute atomic E-state index is 13.0. The second-order valence-corrected chi connectivity index (χ2v) is 9.52. The zero-order valence-electron chi connectivity index (χ0n) is 16.9. The van der Waals surface area contributed by atoms with Gasteiger partial charge >= 0.3 is 0 Å². The van der Waals surface area contributed by atoms with E-state index in [1.807, 2.05) is 25.5 Å². The summed E-state index contributed by atoms with van der Waals surface area (Å²) in [5.41, 5.74) is 2.72. The van der Waals surface area contributed by atoms with Crippen LogP contribution in [0.4, 0.5) is 0 Å². The third-order valence-corrected chi connectivity index (χ3v) is 7.70. The molecule has 0 aliphatic heterocycles. The van der Waals surface area contributed by atoms with E-state index in [0.29, 0.717) is 11.1 Å². The molecule has 0 saturated heterocycles. The minimum absolute atomic E-state index is 0.0171. The van der Waals surface area contributed by atoms with Crippen molar-refractivity contribution in [3.63, 3.8) is 0 Å². The van der Waals surface area contributed by atoms with Gasteiger partial charge in [0.25, 0.3) is 21.5 Å².